The minimum atomic E-state index is 0.345. The molecule has 0 N–H and O–H groups in total. The number of Topliss-reactive ketones (excluding diaryl/α,β-unsaturated/α-hetero) is 1. The number of rotatable bonds is 2. The first-order chi connectivity index (χ1) is 7.24. The molecule has 0 aromatic rings. The maximum atomic E-state index is 11.7. The van der Waals surface area contributed by atoms with E-state index in [1.807, 2.05) is 0 Å². The number of hydrogen-bond donors (Lipinski definition) is 0. The molecule has 0 heterocycles. The Morgan fingerprint density at radius 3 is 2.53 bits per heavy atom. The van der Waals surface area contributed by atoms with Crippen LogP contribution in [0.5, 0.6) is 0 Å². The van der Waals surface area contributed by atoms with Gasteiger partial charge in [0, 0.05) is 6.42 Å². The van der Waals surface area contributed by atoms with Crippen LogP contribution in [0.4, 0.5) is 0 Å². The van der Waals surface area contributed by atoms with Crippen LogP contribution in [0.15, 0.2) is 12.2 Å². The molecular formula is C14H22O. The van der Waals surface area contributed by atoms with Gasteiger partial charge >= 0.3 is 0 Å². The van der Waals surface area contributed by atoms with Gasteiger partial charge in [-0.25, -0.2) is 0 Å². The number of carbonyl (C=O) groups is 1. The van der Waals surface area contributed by atoms with E-state index >= 15 is 0 Å². The van der Waals surface area contributed by atoms with Crippen molar-refractivity contribution >= 4 is 5.78 Å². The Bertz CT molecular complexity index is 261. The van der Waals surface area contributed by atoms with Gasteiger partial charge in [-0.05, 0) is 29.7 Å². The molecule has 2 aliphatic rings. The lowest BCUT2D eigenvalue weighted by Crippen LogP contribution is -2.21. The van der Waals surface area contributed by atoms with Crippen LogP contribution >= 0.6 is 0 Å². The molecule has 2 atom stereocenters. The third-order valence-corrected chi connectivity index (χ3v) is 4.44. The van der Waals surface area contributed by atoms with Crippen LogP contribution in [0.2, 0.25) is 0 Å². The van der Waals surface area contributed by atoms with Gasteiger partial charge in [0.1, 0.15) is 0 Å². The van der Waals surface area contributed by atoms with Crippen molar-refractivity contribution in [1.29, 1.82) is 0 Å². The van der Waals surface area contributed by atoms with Crippen LogP contribution in [0.25, 0.3) is 0 Å². The molecule has 0 radical (unpaired) electrons. The predicted octanol–water partition coefficient (Wildman–Crippen LogP) is 3.74. The fraction of sp³-hybridized carbons (Fsp3) is 0.786. The lowest BCUT2D eigenvalue weighted by atomic mass is 9.74. The molecule has 2 aliphatic carbocycles. The first kappa shape index (κ1) is 10.9. The van der Waals surface area contributed by atoms with E-state index in [1.165, 1.54) is 32.1 Å². The molecule has 2 rings (SSSR count). The highest BCUT2D eigenvalue weighted by atomic mass is 16.1. The van der Waals surface area contributed by atoms with E-state index in [0.717, 1.165) is 24.3 Å². The summed E-state index contributed by atoms with van der Waals surface area (Å²) in [7, 11) is 0. The number of hydrogen-bond acceptors (Lipinski definition) is 1. The maximum absolute atomic E-state index is 11.7. The second kappa shape index (κ2) is 4.51. The summed E-state index contributed by atoms with van der Waals surface area (Å²) in [6, 6.07) is 0. The zero-order valence-corrected chi connectivity index (χ0v) is 9.80. The molecule has 15 heavy (non-hydrogen) atoms. The molecule has 2 saturated carbocycles. The molecule has 2 fully saturated rings. The van der Waals surface area contributed by atoms with Crippen molar-refractivity contribution in [3.63, 3.8) is 0 Å². The topological polar surface area (TPSA) is 17.1 Å². The van der Waals surface area contributed by atoms with Gasteiger partial charge in [-0.2, -0.15) is 0 Å². The molecule has 0 aromatic carbocycles. The van der Waals surface area contributed by atoms with E-state index in [1.54, 1.807) is 0 Å². The first-order valence-electron chi connectivity index (χ1n) is 6.46. The molecule has 0 spiro atoms. The van der Waals surface area contributed by atoms with E-state index in [9.17, 15) is 4.79 Å². The number of carbonyl (C=O) groups excluding carboxylic acids is 1. The average molecular weight is 206 g/mol. The molecule has 0 aliphatic heterocycles. The Balaban J connectivity index is 2.07. The zero-order chi connectivity index (χ0) is 10.8. The largest absolute Gasteiger partial charge is 0.295 e. The van der Waals surface area contributed by atoms with E-state index in [4.69, 9.17) is 0 Å². The third-order valence-electron chi connectivity index (χ3n) is 4.44. The molecule has 0 saturated heterocycles. The summed E-state index contributed by atoms with van der Waals surface area (Å²) < 4.78 is 0. The monoisotopic (exact) mass is 206 g/mol. The molecule has 84 valence electrons. The Kier molecular flexibility index (Phi) is 3.28. The Morgan fingerprint density at radius 2 is 1.93 bits per heavy atom. The first-order valence-corrected chi connectivity index (χ1v) is 6.46. The van der Waals surface area contributed by atoms with Gasteiger partial charge in [0.15, 0.2) is 5.78 Å². The summed E-state index contributed by atoms with van der Waals surface area (Å²) in [5, 5.41) is 0. The predicted molar refractivity (Wildman–Crippen MR) is 62.6 cm³/mol. The van der Waals surface area contributed by atoms with Crippen LogP contribution in [-0.4, -0.2) is 5.78 Å². The Morgan fingerprint density at radius 1 is 1.27 bits per heavy atom. The highest BCUT2D eigenvalue weighted by Gasteiger charge is 2.39. The maximum Gasteiger partial charge on any atom is 0.158 e. The van der Waals surface area contributed by atoms with Gasteiger partial charge in [0.25, 0.3) is 0 Å². The van der Waals surface area contributed by atoms with E-state index in [2.05, 4.69) is 13.5 Å². The molecular weight excluding hydrogens is 184 g/mol. The third kappa shape index (κ3) is 2.02. The van der Waals surface area contributed by atoms with Crippen molar-refractivity contribution in [2.45, 2.75) is 51.9 Å². The Labute approximate surface area is 92.9 Å². The summed E-state index contributed by atoms with van der Waals surface area (Å²) in [5.74, 6) is 2.29. The minimum Gasteiger partial charge on any atom is -0.295 e. The van der Waals surface area contributed by atoms with Crippen LogP contribution in [-0.2, 0) is 4.79 Å². The summed E-state index contributed by atoms with van der Waals surface area (Å²) in [6.45, 7) is 6.18. The highest BCUT2D eigenvalue weighted by molar-refractivity contribution is 5.97. The van der Waals surface area contributed by atoms with Gasteiger partial charge in [0.05, 0.1) is 0 Å². The summed E-state index contributed by atoms with van der Waals surface area (Å²) in [5.41, 5.74) is 0.924. The molecule has 0 unspecified atom stereocenters. The van der Waals surface area contributed by atoms with Gasteiger partial charge in [-0.1, -0.05) is 45.6 Å². The van der Waals surface area contributed by atoms with Crippen molar-refractivity contribution in [3.05, 3.63) is 12.2 Å². The Hall–Kier alpha value is -0.590. The second-order valence-electron chi connectivity index (χ2n) is 5.23. The lowest BCUT2D eigenvalue weighted by Gasteiger charge is -2.30. The molecule has 1 nitrogen and oxygen atoms in total. The van der Waals surface area contributed by atoms with Crippen molar-refractivity contribution in [3.8, 4) is 0 Å². The molecule has 0 aromatic heterocycles. The molecule has 1 heteroatoms. The fourth-order valence-corrected chi connectivity index (χ4v) is 3.56. The van der Waals surface area contributed by atoms with Crippen molar-refractivity contribution < 1.29 is 4.79 Å². The molecule has 0 amide bonds. The van der Waals surface area contributed by atoms with Gasteiger partial charge in [-0.3, -0.25) is 4.79 Å². The number of allylic oxidation sites excluding steroid dienone is 1. The van der Waals surface area contributed by atoms with E-state index in [0.29, 0.717) is 17.6 Å². The summed E-state index contributed by atoms with van der Waals surface area (Å²) in [6.07, 6.45) is 8.74. The minimum absolute atomic E-state index is 0.345. The van der Waals surface area contributed by atoms with Crippen LogP contribution in [0, 0.1) is 17.8 Å². The van der Waals surface area contributed by atoms with Gasteiger partial charge in [0.2, 0.25) is 0 Å². The molecule has 0 bridgehead atoms. The van der Waals surface area contributed by atoms with E-state index in [-0.39, 0.29) is 0 Å². The quantitative estimate of drug-likeness (QED) is 0.629. The van der Waals surface area contributed by atoms with Crippen molar-refractivity contribution in [1.82, 2.24) is 0 Å². The highest BCUT2D eigenvalue weighted by Crippen LogP contribution is 2.44. The summed E-state index contributed by atoms with van der Waals surface area (Å²) >= 11 is 0. The second-order valence-corrected chi connectivity index (χ2v) is 5.23. The smallest absolute Gasteiger partial charge is 0.158 e. The fourth-order valence-electron chi connectivity index (χ4n) is 3.56. The number of ketones is 1. The van der Waals surface area contributed by atoms with Crippen LogP contribution in [0.1, 0.15) is 51.9 Å². The van der Waals surface area contributed by atoms with Gasteiger partial charge in [-0.15, -0.1) is 0 Å². The van der Waals surface area contributed by atoms with Crippen LogP contribution in [0.3, 0.4) is 0 Å². The summed E-state index contributed by atoms with van der Waals surface area (Å²) in [4.78, 5) is 11.7. The van der Waals surface area contributed by atoms with Crippen molar-refractivity contribution in [2.75, 3.05) is 0 Å². The lowest BCUT2D eigenvalue weighted by molar-refractivity contribution is -0.115. The van der Waals surface area contributed by atoms with Gasteiger partial charge < -0.3 is 0 Å². The van der Waals surface area contributed by atoms with Crippen LogP contribution < -0.4 is 0 Å². The normalized spacial score (nSPS) is 33.7. The average Bonchev–Trinajstić information content (AvgIpc) is 2.56. The standard InChI is InChI=1S/C14H22O/c1-3-12-10(2)14(15)9-13(12)11-7-5-4-6-8-11/h11-13H,2-9H2,1H3/t12-,13+/m1/s1. The van der Waals surface area contributed by atoms with E-state index < -0.39 is 0 Å². The van der Waals surface area contributed by atoms with Crippen molar-refractivity contribution in [2.24, 2.45) is 17.8 Å². The zero-order valence-electron chi connectivity index (χ0n) is 9.80. The SMILES string of the molecule is C=C1C(=O)C[C@@H](C2CCCCC2)[C@@H]1CC.